The summed E-state index contributed by atoms with van der Waals surface area (Å²) in [6.07, 6.45) is 1.64. The Bertz CT molecular complexity index is 1540. The highest BCUT2D eigenvalue weighted by Gasteiger charge is 2.15. The highest BCUT2D eigenvalue weighted by molar-refractivity contribution is 8.00. The van der Waals surface area contributed by atoms with Crippen LogP contribution in [0.5, 0.6) is 0 Å². The largest absolute Gasteiger partial charge is 0.323 e. The minimum atomic E-state index is -0.494. The number of anilines is 2. The number of nitrogens with one attached hydrogen (secondary N) is 3. The summed E-state index contributed by atoms with van der Waals surface area (Å²) in [6.45, 7) is 4.21. The summed E-state index contributed by atoms with van der Waals surface area (Å²) in [4.78, 5) is 39.2. The van der Waals surface area contributed by atoms with Crippen molar-refractivity contribution in [3.05, 3.63) is 131 Å². The second kappa shape index (κ2) is 14.1. The number of amides is 3. The number of carbonyl (C=O) groups excluding carboxylic acids is 3. The van der Waals surface area contributed by atoms with Crippen LogP contribution in [-0.2, 0) is 9.59 Å². The number of para-hydroxylation sites is 1. The Labute approximate surface area is 243 Å². The third-order valence-corrected chi connectivity index (χ3v) is 7.09. The molecule has 0 fully saturated rings. The molecule has 0 unspecified atom stereocenters. The molecule has 0 aromatic heterocycles. The van der Waals surface area contributed by atoms with E-state index in [0.29, 0.717) is 17.2 Å². The normalized spacial score (nSPS) is 11.2. The standard InChI is InChI=1S/C33H30FN3O3S/c1-22(2)24-14-12-23(13-15-24)20-30(37-32(39)25-8-4-3-5-9-25)33(40)35-26-16-18-27(19-17-26)41-21-31(38)36-29-11-7-6-10-28(29)34/h3-20,22H,21H2,1-2H3,(H,35,40)(H,36,38)(H,37,39)/b30-20-. The van der Waals surface area contributed by atoms with E-state index >= 15 is 0 Å². The number of thioether (sulfide) groups is 1. The monoisotopic (exact) mass is 567 g/mol. The predicted molar refractivity (Wildman–Crippen MR) is 163 cm³/mol. The van der Waals surface area contributed by atoms with E-state index < -0.39 is 17.6 Å². The van der Waals surface area contributed by atoms with Gasteiger partial charge in [0.15, 0.2) is 0 Å². The van der Waals surface area contributed by atoms with Gasteiger partial charge in [-0.2, -0.15) is 0 Å². The first-order valence-corrected chi connectivity index (χ1v) is 14.0. The van der Waals surface area contributed by atoms with E-state index in [4.69, 9.17) is 0 Å². The summed E-state index contributed by atoms with van der Waals surface area (Å²) in [6, 6.07) is 29.4. The van der Waals surface area contributed by atoms with Gasteiger partial charge in [0.2, 0.25) is 5.91 Å². The van der Waals surface area contributed by atoms with Crippen molar-refractivity contribution >= 4 is 46.9 Å². The number of halogens is 1. The molecule has 0 aliphatic heterocycles. The molecule has 0 spiro atoms. The molecule has 0 heterocycles. The first kappa shape index (κ1) is 29.3. The van der Waals surface area contributed by atoms with E-state index in [-0.39, 0.29) is 23.0 Å². The first-order valence-electron chi connectivity index (χ1n) is 13.0. The molecule has 0 radical (unpaired) electrons. The molecule has 4 aromatic rings. The summed E-state index contributed by atoms with van der Waals surface area (Å²) in [7, 11) is 0. The fraction of sp³-hybridized carbons (Fsp3) is 0.121. The average Bonchev–Trinajstić information content (AvgIpc) is 2.98. The summed E-state index contributed by atoms with van der Waals surface area (Å²) in [5, 5.41) is 8.12. The molecule has 41 heavy (non-hydrogen) atoms. The molecular formula is C33H30FN3O3S. The number of hydrogen-bond acceptors (Lipinski definition) is 4. The highest BCUT2D eigenvalue weighted by atomic mass is 32.2. The number of benzene rings is 4. The third-order valence-electron chi connectivity index (χ3n) is 6.07. The van der Waals surface area contributed by atoms with Crippen molar-refractivity contribution in [2.75, 3.05) is 16.4 Å². The Kier molecular flexibility index (Phi) is 10.1. The lowest BCUT2D eigenvalue weighted by Gasteiger charge is -2.12. The van der Waals surface area contributed by atoms with Gasteiger partial charge < -0.3 is 16.0 Å². The van der Waals surface area contributed by atoms with Crippen LogP contribution in [-0.4, -0.2) is 23.5 Å². The van der Waals surface area contributed by atoms with Crippen LogP contribution in [0, 0.1) is 5.82 Å². The minimum Gasteiger partial charge on any atom is -0.323 e. The molecule has 0 aliphatic rings. The maximum atomic E-state index is 13.8. The van der Waals surface area contributed by atoms with Gasteiger partial charge >= 0.3 is 0 Å². The lowest BCUT2D eigenvalue weighted by molar-refractivity contribution is -0.114. The van der Waals surface area contributed by atoms with Crippen LogP contribution >= 0.6 is 11.8 Å². The molecule has 8 heteroatoms. The number of rotatable bonds is 10. The molecule has 3 N–H and O–H groups in total. The van der Waals surface area contributed by atoms with Crippen molar-refractivity contribution in [1.29, 1.82) is 0 Å². The molecule has 3 amide bonds. The van der Waals surface area contributed by atoms with Gasteiger partial charge in [-0.15, -0.1) is 11.8 Å². The Balaban J connectivity index is 1.42. The van der Waals surface area contributed by atoms with Crippen LogP contribution in [0.15, 0.2) is 114 Å². The van der Waals surface area contributed by atoms with E-state index in [1.165, 1.54) is 29.5 Å². The SMILES string of the molecule is CC(C)c1ccc(/C=C(\NC(=O)c2ccccc2)C(=O)Nc2ccc(SCC(=O)Nc3ccccc3F)cc2)cc1. The second-order valence-electron chi connectivity index (χ2n) is 9.49. The van der Waals surface area contributed by atoms with Gasteiger partial charge in [-0.1, -0.05) is 68.4 Å². The van der Waals surface area contributed by atoms with Crippen molar-refractivity contribution in [1.82, 2.24) is 5.32 Å². The van der Waals surface area contributed by atoms with E-state index in [2.05, 4.69) is 29.8 Å². The van der Waals surface area contributed by atoms with Gasteiger partial charge in [-0.3, -0.25) is 14.4 Å². The van der Waals surface area contributed by atoms with Gasteiger partial charge in [0.05, 0.1) is 11.4 Å². The summed E-state index contributed by atoms with van der Waals surface area (Å²) in [5.41, 5.74) is 3.12. The average molecular weight is 568 g/mol. The number of hydrogen-bond donors (Lipinski definition) is 3. The molecule has 208 valence electrons. The van der Waals surface area contributed by atoms with Gasteiger partial charge in [-0.25, -0.2) is 4.39 Å². The molecule has 0 aliphatic carbocycles. The highest BCUT2D eigenvalue weighted by Crippen LogP contribution is 2.22. The topological polar surface area (TPSA) is 87.3 Å². The Morgan fingerprint density at radius 1 is 0.805 bits per heavy atom. The summed E-state index contributed by atoms with van der Waals surface area (Å²) >= 11 is 1.28. The summed E-state index contributed by atoms with van der Waals surface area (Å²) in [5.74, 6) is -1.24. The van der Waals surface area contributed by atoms with Crippen LogP contribution in [0.2, 0.25) is 0 Å². The number of carbonyl (C=O) groups is 3. The molecule has 4 aromatic carbocycles. The van der Waals surface area contributed by atoms with E-state index in [9.17, 15) is 18.8 Å². The molecular weight excluding hydrogens is 537 g/mol. The zero-order valence-corrected chi connectivity index (χ0v) is 23.5. The van der Waals surface area contributed by atoms with Gasteiger partial charge in [0, 0.05) is 16.1 Å². The van der Waals surface area contributed by atoms with Crippen molar-refractivity contribution < 1.29 is 18.8 Å². The minimum absolute atomic E-state index is 0.0913. The maximum absolute atomic E-state index is 13.8. The van der Waals surface area contributed by atoms with Crippen molar-refractivity contribution in [2.24, 2.45) is 0 Å². The molecule has 4 rings (SSSR count). The smallest absolute Gasteiger partial charge is 0.272 e. The van der Waals surface area contributed by atoms with Gasteiger partial charge in [0.25, 0.3) is 11.8 Å². The van der Waals surface area contributed by atoms with Crippen molar-refractivity contribution in [2.45, 2.75) is 24.7 Å². The van der Waals surface area contributed by atoms with Gasteiger partial charge in [-0.05, 0) is 71.7 Å². The second-order valence-corrected chi connectivity index (χ2v) is 10.5. The molecule has 0 saturated heterocycles. The molecule has 0 saturated carbocycles. The molecule has 6 nitrogen and oxygen atoms in total. The Morgan fingerprint density at radius 3 is 2.12 bits per heavy atom. The van der Waals surface area contributed by atoms with Crippen LogP contribution in [0.4, 0.5) is 15.8 Å². The van der Waals surface area contributed by atoms with Crippen LogP contribution in [0.3, 0.4) is 0 Å². The van der Waals surface area contributed by atoms with Gasteiger partial charge in [0.1, 0.15) is 11.5 Å². The molecule has 0 bridgehead atoms. The van der Waals surface area contributed by atoms with Crippen LogP contribution in [0.1, 0.15) is 41.3 Å². The lowest BCUT2D eigenvalue weighted by atomic mass is 10.0. The lowest BCUT2D eigenvalue weighted by Crippen LogP contribution is -2.30. The third kappa shape index (κ3) is 8.65. The van der Waals surface area contributed by atoms with Crippen LogP contribution < -0.4 is 16.0 Å². The van der Waals surface area contributed by atoms with E-state index in [0.717, 1.165) is 10.5 Å². The molecule has 0 atom stereocenters. The Morgan fingerprint density at radius 2 is 1.46 bits per heavy atom. The fourth-order valence-electron chi connectivity index (χ4n) is 3.82. The zero-order valence-electron chi connectivity index (χ0n) is 22.7. The van der Waals surface area contributed by atoms with Crippen molar-refractivity contribution in [3.8, 4) is 0 Å². The maximum Gasteiger partial charge on any atom is 0.272 e. The van der Waals surface area contributed by atoms with Crippen molar-refractivity contribution in [3.63, 3.8) is 0 Å². The van der Waals surface area contributed by atoms with Crippen LogP contribution in [0.25, 0.3) is 6.08 Å². The first-order chi connectivity index (χ1) is 19.8. The zero-order chi connectivity index (χ0) is 29.2. The van der Waals surface area contributed by atoms with E-state index in [1.807, 2.05) is 30.3 Å². The Hall–Kier alpha value is -4.69. The fourth-order valence-corrected chi connectivity index (χ4v) is 4.52. The predicted octanol–water partition coefficient (Wildman–Crippen LogP) is 7.09. The quantitative estimate of drug-likeness (QED) is 0.141. The summed E-state index contributed by atoms with van der Waals surface area (Å²) < 4.78 is 13.8. The van der Waals surface area contributed by atoms with E-state index in [1.54, 1.807) is 66.7 Å².